The molecule has 0 saturated carbocycles. The quantitative estimate of drug-likeness (QED) is 0.0228. The van der Waals surface area contributed by atoms with E-state index in [0.717, 1.165) is 83.5 Å². The van der Waals surface area contributed by atoms with Crippen LogP contribution in [0.1, 0.15) is 149 Å². The van der Waals surface area contributed by atoms with Crippen molar-refractivity contribution < 1.29 is 58.2 Å². The van der Waals surface area contributed by atoms with E-state index >= 15 is 0 Å². The van der Waals surface area contributed by atoms with E-state index in [1.165, 1.54) is 0 Å². The van der Waals surface area contributed by atoms with E-state index < -0.39 is 73.9 Å². The minimum Gasteiger partial charge on any atom is -0.479 e. The fourth-order valence-electron chi connectivity index (χ4n) is 6.90. The molecule has 6 unspecified atom stereocenters. The highest BCUT2D eigenvalue weighted by Crippen LogP contribution is 2.26. The van der Waals surface area contributed by atoms with Crippen molar-refractivity contribution in [3.63, 3.8) is 0 Å². The second kappa shape index (κ2) is 50.6. The molecule has 3 N–H and O–H groups in total. The van der Waals surface area contributed by atoms with Crippen LogP contribution in [-0.4, -0.2) is 89.2 Å². The Hall–Kier alpha value is -6.18. The van der Waals surface area contributed by atoms with Crippen LogP contribution in [0.3, 0.4) is 0 Å². The maximum Gasteiger partial charge on any atom is 0.335 e. The molecule has 0 spiro atoms. The zero-order chi connectivity index (χ0) is 56.1. The minimum absolute atomic E-state index is 0.0991. The second-order valence-corrected chi connectivity index (χ2v) is 17.8. The molecule has 1 saturated heterocycles. The number of carbonyl (C=O) groups excluding carboxylic acids is 3. The molecule has 0 aromatic rings. The van der Waals surface area contributed by atoms with Crippen molar-refractivity contribution in [3.8, 4) is 0 Å². The minimum atomic E-state index is -1.97. The van der Waals surface area contributed by atoms with Gasteiger partial charge in [0.05, 0.1) is 19.4 Å². The van der Waals surface area contributed by atoms with Crippen molar-refractivity contribution >= 4 is 23.9 Å². The topological polar surface area (TPSA) is 175 Å². The van der Waals surface area contributed by atoms with Crippen molar-refractivity contribution in [1.82, 2.24) is 0 Å². The van der Waals surface area contributed by atoms with Gasteiger partial charge in [0.25, 0.3) is 0 Å². The predicted molar refractivity (Wildman–Crippen MR) is 311 cm³/mol. The number of rotatable bonds is 43. The Morgan fingerprint density at radius 1 is 0.442 bits per heavy atom. The zero-order valence-corrected chi connectivity index (χ0v) is 46.4. The average molecular weight is 1070 g/mol. The van der Waals surface area contributed by atoms with Crippen LogP contribution in [0.2, 0.25) is 0 Å². The molecule has 424 valence electrons. The highest BCUT2D eigenvalue weighted by molar-refractivity contribution is 5.74. The zero-order valence-electron chi connectivity index (χ0n) is 46.4. The molecule has 1 heterocycles. The number of carbonyl (C=O) groups is 4. The molecular weight excluding hydrogens is 973 g/mol. The van der Waals surface area contributed by atoms with Crippen LogP contribution in [0.25, 0.3) is 0 Å². The van der Waals surface area contributed by atoms with Crippen LogP contribution in [0.15, 0.2) is 182 Å². The molecule has 12 heteroatoms. The van der Waals surface area contributed by atoms with Gasteiger partial charge in [0.2, 0.25) is 0 Å². The molecule has 6 atom stereocenters. The smallest absolute Gasteiger partial charge is 0.335 e. The van der Waals surface area contributed by atoms with E-state index in [4.69, 9.17) is 23.7 Å². The summed E-state index contributed by atoms with van der Waals surface area (Å²) in [6.07, 6.45) is 65.0. The summed E-state index contributed by atoms with van der Waals surface area (Å²) in [4.78, 5) is 50.9. The number of carboxylic acid groups (broad SMARTS) is 1. The van der Waals surface area contributed by atoms with E-state index in [1.807, 2.05) is 42.5 Å². The normalized spacial score (nSPS) is 19.4. The van der Waals surface area contributed by atoms with Crippen molar-refractivity contribution in [1.29, 1.82) is 0 Å². The van der Waals surface area contributed by atoms with Crippen LogP contribution in [0.4, 0.5) is 0 Å². The molecule has 1 aliphatic heterocycles. The van der Waals surface area contributed by atoms with Gasteiger partial charge in [-0.25, -0.2) is 4.79 Å². The average Bonchev–Trinajstić information content (AvgIpc) is 3.42. The number of unbranched alkanes of at least 4 members (excludes halogenated alkanes) is 1. The largest absolute Gasteiger partial charge is 0.479 e. The van der Waals surface area contributed by atoms with Crippen molar-refractivity contribution in [2.75, 3.05) is 13.2 Å². The summed E-state index contributed by atoms with van der Waals surface area (Å²) < 4.78 is 28.0. The van der Waals surface area contributed by atoms with Gasteiger partial charge in [0.15, 0.2) is 24.6 Å². The molecular formula is C65H92O12. The highest BCUT2D eigenvalue weighted by atomic mass is 16.7. The lowest BCUT2D eigenvalue weighted by Gasteiger charge is -2.40. The summed E-state index contributed by atoms with van der Waals surface area (Å²) in [6, 6.07) is 0. The van der Waals surface area contributed by atoms with Gasteiger partial charge >= 0.3 is 23.9 Å². The van der Waals surface area contributed by atoms with Crippen molar-refractivity contribution in [2.45, 2.75) is 186 Å². The van der Waals surface area contributed by atoms with Crippen LogP contribution in [0.5, 0.6) is 0 Å². The molecule has 0 aliphatic carbocycles. The van der Waals surface area contributed by atoms with Gasteiger partial charge in [0.1, 0.15) is 18.8 Å². The van der Waals surface area contributed by atoms with Gasteiger partial charge < -0.3 is 39.0 Å². The van der Waals surface area contributed by atoms with Gasteiger partial charge in [-0.15, -0.1) is 0 Å². The monoisotopic (exact) mass is 1060 g/mol. The summed E-state index contributed by atoms with van der Waals surface area (Å²) in [5.41, 5.74) is 0. The Balaban J connectivity index is 2.87. The molecule has 0 aromatic carbocycles. The summed E-state index contributed by atoms with van der Waals surface area (Å²) in [7, 11) is 0. The first-order valence-electron chi connectivity index (χ1n) is 27.8. The van der Waals surface area contributed by atoms with Crippen molar-refractivity contribution in [3.05, 3.63) is 182 Å². The molecule has 1 aliphatic rings. The first kappa shape index (κ1) is 68.8. The summed E-state index contributed by atoms with van der Waals surface area (Å²) >= 11 is 0. The lowest BCUT2D eigenvalue weighted by molar-refractivity contribution is -0.301. The Morgan fingerprint density at radius 3 is 1.17 bits per heavy atom. The molecule has 0 bridgehead atoms. The third-order valence-electron chi connectivity index (χ3n) is 11.0. The lowest BCUT2D eigenvalue weighted by Crippen LogP contribution is -2.61. The van der Waals surface area contributed by atoms with E-state index in [9.17, 15) is 34.5 Å². The summed E-state index contributed by atoms with van der Waals surface area (Å²) in [5.74, 6) is -3.58. The van der Waals surface area contributed by atoms with Crippen molar-refractivity contribution in [2.24, 2.45) is 0 Å². The third kappa shape index (κ3) is 40.7. The number of aliphatic hydroxyl groups excluding tert-OH is 2. The highest BCUT2D eigenvalue weighted by Gasteiger charge is 2.50. The fraction of sp³-hybridized carbons (Fsp3) is 0.477. The number of hydrogen-bond donors (Lipinski definition) is 3. The van der Waals surface area contributed by atoms with Gasteiger partial charge in [-0.05, 0) is 109 Å². The first-order valence-corrected chi connectivity index (χ1v) is 27.8. The Kier molecular flexibility index (Phi) is 45.3. The number of esters is 3. The molecule has 1 fully saturated rings. The van der Waals surface area contributed by atoms with Crippen LogP contribution < -0.4 is 0 Å². The van der Waals surface area contributed by atoms with Gasteiger partial charge in [-0.1, -0.05) is 203 Å². The first-order chi connectivity index (χ1) is 37.6. The number of allylic oxidation sites excluding steroid dienone is 28. The number of hydrogen-bond acceptors (Lipinski definition) is 11. The van der Waals surface area contributed by atoms with Crippen LogP contribution in [0, 0.1) is 0 Å². The van der Waals surface area contributed by atoms with Crippen LogP contribution >= 0.6 is 0 Å². The number of ether oxygens (including phenoxy) is 5. The number of carboxylic acids is 1. The number of aliphatic hydroxyl groups is 2. The Bertz CT molecular complexity index is 2040. The predicted octanol–water partition coefficient (Wildman–Crippen LogP) is 14.1. The molecule has 0 radical (unpaired) electrons. The lowest BCUT2D eigenvalue weighted by atomic mass is 9.98. The Labute approximate surface area is 461 Å². The second-order valence-electron chi connectivity index (χ2n) is 17.8. The van der Waals surface area contributed by atoms with Crippen LogP contribution in [-0.2, 0) is 42.9 Å². The summed E-state index contributed by atoms with van der Waals surface area (Å²) in [5, 5.41) is 31.4. The maximum atomic E-state index is 13.1. The van der Waals surface area contributed by atoms with E-state index in [0.29, 0.717) is 25.7 Å². The fourth-order valence-corrected chi connectivity index (χ4v) is 6.90. The van der Waals surface area contributed by atoms with Gasteiger partial charge in [-0.2, -0.15) is 0 Å². The number of aliphatic carboxylic acids is 1. The standard InChI is InChI=1S/C65H92O12/c1-4-7-10-13-16-19-22-25-28-29-32-33-36-39-42-45-48-51-57(66)73-54-56(75-58(67)52-49-46-43-40-37-34-30-26-23-20-17-14-11-8-5-2)55-74-65-63(61(70)60(69)62(77-65)64(71)72)76-59(68)53-50-47-44-41-38-35-31-27-24-21-18-15-12-9-6-3/h7-12,16-21,25-28,30-33,37-42,46-47,49-50,56,60-63,65,69-70H,4-6,13-15,22-24,29,34-36,43-45,48,51-55H2,1-3H3,(H,71,72)/b10-7-,11-8-,12-9-,19-16-,20-17-,21-18-,28-25-,30-26-,31-27-,33-32-,40-37-,41-38-,42-39-,49-46-,50-47-. The third-order valence-corrected chi connectivity index (χ3v) is 11.0. The van der Waals surface area contributed by atoms with Gasteiger partial charge in [-0.3, -0.25) is 14.4 Å². The van der Waals surface area contributed by atoms with Gasteiger partial charge in [0, 0.05) is 6.42 Å². The molecule has 12 nitrogen and oxygen atoms in total. The molecule has 77 heavy (non-hydrogen) atoms. The Morgan fingerprint density at radius 2 is 0.792 bits per heavy atom. The van der Waals surface area contributed by atoms with E-state index in [-0.39, 0.29) is 19.3 Å². The molecule has 1 rings (SSSR count). The van der Waals surface area contributed by atoms with E-state index in [1.54, 1.807) is 18.2 Å². The molecule has 0 aromatic heterocycles. The summed E-state index contributed by atoms with van der Waals surface area (Å²) in [6.45, 7) is 5.43. The van der Waals surface area contributed by atoms with E-state index in [2.05, 4.69) is 142 Å². The maximum absolute atomic E-state index is 13.1. The molecule has 0 amide bonds. The SMILES string of the molecule is CC/C=C\C/C=C\C/C=C\C/C=C\C/C=C\CCCC(=O)OCC(COC1OC(C(=O)O)C(O)C(O)C1OC(=O)C/C=C\C/C=C\C/C=C\C/C=C\C/C=C\CC)OC(=O)C/C=C\C/C=C\C/C=C\C/C=C\C/C=C\CC.